The van der Waals surface area contributed by atoms with Crippen LogP contribution < -0.4 is 0 Å². The van der Waals surface area contributed by atoms with E-state index in [1.54, 1.807) is 0 Å². The lowest BCUT2D eigenvalue weighted by Gasteiger charge is -2.39. The van der Waals surface area contributed by atoms with Gasteiger partial charge in [0.05, 0.1) is 12.5 Å². The average molecular weight is 330 g/mol. The molecule has 0 aromatic heterocycles. The smallest absolute Gasteiger partial charge is 0.391 e. The van der Waals surface area contributed by atoms with Crippen molar-refractivity contribution in [2.45, 2.75) is 44.3 Å². The summed E-state index contributed by atoms with van der Waals surface area (Å²) in [5.41, 5.74) is 0. The highest BCUT2D eigenvalue weighted by molar-refractivity contribution is 7.86. The highest BCUT2D eigenvalue weighted by Crippen LogP contribution is 2.35. The zero-order valence-electron chi connectivity index (χ0n) is 11.7. The molecule has 0 aromatic rings. The molecular formula is C12H21F3N2O3S. The summed E-state index contributed by atoms with van der Waals surface area (Å²) in [6.07, 6.45) is -2.48. The fourth-order valence-electron chi connectivity index (χ4n) is 3.02. The van der Waals surface area contributed by atoms with E-state index in [4.69, 9.17) is 0 Å². The number of alkyl halides is 3. The zero-order valence-corrected chi connectivity index (χ0v) is 12.5. The van der Waals surface area contributed by atoms with Crippen molar-refractivity contribution in [3.8, 4) is 0 Å². The molecule has 2 fully saturated rings. The zero-order chi connectivity index (χ0) is 15.7. The van der Waals surface area contributed by atoms with Crippen LogP contribution in [0.2, 0.25) is 0 Å². The highest BCUT2D eigenvalue weighted by atomic mass is 32.2. The van der Waals surface area contributed by atoms with Gasteiger partial charge in [0.25, 0.3) is 10.2 Å². The monoisotopic (exact) mass is 330 g/mol. The van der Waals surface area contributed by atoms with Gasteiger partial charge in [-0.1, -0.05) is 6.42 Å². The topological polar surface area (TPSA) is 60.9 Å². The van der Waals surface area contributed by atoms with Gasteiger partial charge in [0, 0.05) is 25.7 Å². The molecule has 2 rings (SSSR count). The van der Waals surface area contributed by atoms with E-state index in [2.05, 4.69) is 0 Å². The molecule has 0 amide bonds. The second-order valence-electron chi connectivity index (χ2n) is 5.67. The fourth-order valence-corrected chi connectivity index (χ4v) is 4.90. The summed E-state index contributed by atoms with van der Waals surface area (Å²) in [5.74, 6) is -1.42. The van der Waals surface area contributed by atoms with Crippen molar-refractivity contribution in [3.05, 3.63) is 0 Å². The third-order valence-corrected chi connectivity index (χ3v) is 6.41. The molecule has 21 heavy (non-hydrogen) atoms. The Bertz CT molecular complexity index is 447. The molecule has 2 aliphatic heterocycles. The number of hydrogen-bond donors (Lipinski definition) is 1. The van der Waals surface area contributed by atoms with Crippen molar-refractivity contribution >= 4 is 10.2 Å². The van der Waals surface area contributed by atoms with Crippen molar-refractivity contribution in [1.82, 2.24) is 8.61 Å². The van der Waals surface area contributed by atoms with Crippen LogP contribution in [0.5, 0.6) is 0 Å². The number of hydrogen-bond acceptors (Lipinski definition) is 3. The predicted molar refractivity (Wildman–Crippen MR) is 70.7 cm³/mol. The van der Waals surface area contributed by atoms with Crippen LogP contribution in [0.1, 0.15) is 32.1 Å². The average Bonchev–Trinajstić information content (AvgIpc) is 2.46. The minimum atomic E-state index is -4.26. The van der Waals surface area contributed by atoms with Gasteiger partial charge in [-0.2, -0.15) is 30.2 Å². The van der Waals surface area contributed by atoms with Crippen LogP contribution in [0.3, 0.4) is 0 Å². The van der Waals surface area contributed by atoms with Gasteiger partial charge >= 0.3 is 6.18 Å². The molecule has 1 unspecified atom stereocenters. The number of halogens is 3. The van der Waals surface area contributed by atoms with E-state index in [9.17, 15) is 26.7 Å². The molecule has 2 aliphatic rings. The van der Waals surface area contributed by atoms with Crippen molar-refractivity contribution in [3.63, 3.8) is 0 Å². The van der Waals surface area contributed by atoms with Gasteiger partial charge in [-0.15, -0.1) is 0 Å². The quantitative estimate of drug-likeness (QED) is 0.850. The van der Waals surface area contributed by atoms with Crippen LogP contribution >= 0.6 is 0 Å². The molecule has 1 atom stereocenters. The van der Waals surface area contributed by atoms with E-state index >= 15 is 0 Å². The van der Waals surface area contributed by atoms with E-state index in [1.807, 2.05) is 0 Å². The fraction of sp³-hybridized carbons (Fsp3) is 1.00. The van der Waals surface area contributed by atoms with E-state index in [-0.39, 0.29) is 32.5 Å². The van der Waals surface area contributed by atoms with Gasteiger partial charge in [0.1, 0.15) is 0 Å². The van der Waals surface area contributed by atoms with Gasteiger partial charge < -0.3 is 5.11 Å². The highest BCUT2D eigenvalue weighted by Gasteiger charge is 2.44. The van der Waals surface area contributed by atoms with Crippen LogP contribution in [0.15, 0.2) is 0 Å². The summed E-state index contributed by atoms with van der Waals surface area (Å²) >= 11 is 0. The largest absolute Gasteiger partial charge is 0.395 e. The Kier molecular flexibility index (Phi) is 5.17. The first kappa shape index (κ1) is 17.0. The van der Waals surface area contributed by atoms with Gasteiger partial charge in [-0.3, -0.25) is 0 Å². The Morgan fingerprint density at radius 3 is 2.19 bits per heavy atom. The van der Waals surface area contributed by atoms with Gasteiger partial charge in [0.15, 0.2) is 0 Å². The molecule has 9 heteroatoms. The SMILES string of the molecule is O=S(=O)(N1CCC(C(F)(F)F)CC1)N1CCCCC1CO. The summed E-state index contributed by atoms with van der Waals surface area (Å²) in [5, 5.41) is 9.30. The van der Waals surface area contributed by atoms with Crippen molar-refractivity contribution in [2.75, 3.05) is 26.2 Å². The summed E-state index contributed by atoms with van der Waals surface area (Å²) in [6.45, 7) is -0.146. The van der Waals surface area contributed by atoms with Gasteiger partial charge in [-0.25, -0.2) is 0 Å². The first-order valence-corrected chi connectivity index (χ1v) is 8.61. The molecule has 124 valence electrons. The Hall–Kier alpha value is -0.380. The van der Waals surface area contributed by atoms with E-state index in [0.29, 0.717) is 13.0 Å². The van der Waals surface area contributed by atoms with Crippen LogP contribution in [0, 0.1) is 5.92 Å². The van der Waals surface area contributed by atoms with Crippen molar-refractivity contribution in [2.24, 2.45) is 5.92 Å². The number of aliphatic hydroxyl groups is 1. The molecule has 0 radical (unpaired) electrons. The summed E-state index contributed by atoms with van der Waals surface area (Å²) in [7, 11) is -3.78. The summed E-state index contributed by atoms with van der Waals surface area (Å²) < 4.78 is 65.3. The third kappa shape index (κ3) is 3.69. The Morgan fingerprint density at radius 1 is 1.05 bits per heavy atom. The number of aliphatic hydroxyl groups excluding tert-OH is 1. The van der Waals surface area contributed by atoms with Crippen molar-refractivity contribution < 1.29 is 26.7 Å². The number of piperidine rings is 2. The van der Waals surface area contributed by atoms with Crippen LogP contribution in [0.4, 0.5) is 13.2 Å². The molecule has 1 N–H and O–H groups in total. The number of nitrogens with zero attached hydrogens (tertiary/aromatic N) is 2. The Morgan fingerprint density at radius 2 is 1.67 bits per heavy atom. The molecule has 0 spiro atoms. The normalized spacial score (nSPS) is 27.9. The molecule has 0 aliphatic carbocycles. The molecule has 2 heterocycles. The minimum Gasteiger partial charge on any atom is -0.395 e. The number of rotatable bonds is 3. The van der Waals surface area contributed by atoms with E-state index < -0.39 is 28.3 Å². The lowest BCUT2D eigenvalue weighted by Crippen LogP contribution is -2.54. The standard InChI is InChI=1S/C12H21F3N2O3S/c13-12(14,15)10-4-7-16(8-5-10)21(19,20)17-6-2-1-3-11(17)9-18/h10-11,18H,1-9H2. The maximum absolute atomic E-state index is 12.6. The van der Waals surface area contributed by atoms with Gasteiger partial charge in [0.2, 0.25) is 0 Å². The molecule has 0 saturated carbocycles. The lowest BCUT2D eigenvalue weighted by molar-refractivity contribution is -0.182. The van der Waals surface area contributed by atoms with E-state index in [0.717, 1.165) is 17.1 Å². The summed E-state index contributed by atoms with van der Waals surface area (Å²) in [4.78, 5) is 0. The lowest BCUT2D eigenvalue weighted by atomic mass is 9.98. The van der Waals surface area contributed by atoms with E-state index in [1.165, 1.54) is 4.31 Å². The third-order valence-electron chi connectivity index (χ3n) is 4.32. The molecule has 0 aromatic carbocycles. The van der Waals surface area contributed by atoms with Crippen LogP contribution in [-0.4, -0.2) is 60.6 Å². The summed E-state index contributed by atoms with van der Waals surface area (Å²) in [6, 6.07) is -0.455. The first-order chi connectivity index (χ1) is 9.76. The Balaban J connectivity index is 2.04. The molecular weight excluding hydrogens is 309 g/mol. The molecule has 5 nitrogen and oxygen atoms in total. The van der Waals surface area contributed by atoms with Crippen molar-refractivity contribution in [1.29, 1.82) is 0 Å². The molecule has 0 bridgehead atoms. The van der Waals surface area contributed by atoms with Crippen LogP contribution in [-0.2, 0) is 10.2 Å². The maximum Gasteiger partial charge on any atom is 0.391 e. The second kappa shape index (κ2) is 6.39. The maximum atomic E-state index is 12.6. The van der Waals surface area contributed by atoms with Gasteiger partial charge in [-0.05, 0) is 25.7 Å². The Labute approximate surface area is 122 Å². The molecule has 2 saturated heterocycles. The minimum absolute atomic E-state index is 0.110. The first-order valence-electron chi connectivity index (χ1n) is 7.21. The van der Waals surface area contributed by atoms with Crippen LogP contribution in [0.25, 0.3) is 0 Å². The second-order valence-corrected chi connectivity index (χ2v) is 7.55. The predicted octanol–water partition coefficient (Wildman–Crippen LogP) is 1.35.